The second kappa shape index (κ2) is 6.00. The lowest BCUT2D eigenvalue weighted by Gasteiger charge is -2.23. The van der Waals surface area contributed by atoms with Crippen LogP contribution in [0.4, 0.5) is 0 Å². The Morgan fingerprint density at radius 1 is 1.53 bits per heavy atom. The van der Waals surface area contributed by atoms with E-state index in [1.54, 1.807) is 6.92 Å². The zero-order valence-electron chi connectivity index (χ0n) is 10.5. The minimum Gasteiger partial charge on any atom is -0.481 e. The zero-order valence-corrected chi connectivity index (χ0v) is 10.5. The predicted molar refractivity (Wildman–Crippen MR) is 62.6 cm³/mol. The topological polar surface area (TPSA) is 75.6 Å². The van der Waals surface area contributed by atoms with Gasteiger partial charge in [0.15, 0.2) is 0 Å². The van der Waals surface area contributed by atoms with Gasteiger partial charge in [-0.05, 0) is 32.1 Å². The van der Waals surface area contributed by atoms with Crippen LogP contribution in [0.1, 0.15) is 39.5 Å². The van der Waals surface area contributed by atoms with Gasteiger partial charge in [0.25, 0.3) is 5.91 Å². The molecule has 1 saturated heterocycles. The summed E-state index contributed by atoms with van der Waals surface area (Å²) in [7, 11) is 0. The molecule has 0 saturated carbocycles. The highest BCUT2D eigenvalue weighted by Gasteiger charge is 2.37. The third-order valence-electron chi connectivity index (χ3n) is 3.16. The second-order valence-corrected chi connectivity index (χ2v) is 4.93. The lowest BCUT2D eigenvalue weighted by molar-refractivity contribution is -0.139. The van der Waals surface area contributed by atoms with E-state index in [-0.39, 0.29) is 18.2 Å². The number of carboxylic acid groups (broad SMARTS) is 1. The van der Waals surface area contributed by atoms with Gasteiger partial charge < -0.3 is 15.2 Å². The van der Waals surface area contributed by atoms with Gasteiger partial charge in [0.2, 0.25) is 0 Å². The standard InChI is InChI=1S/C12H21NO4/c1-9(4-5-10(14)15)8-13-11(16)12(2)6-3-7-17-12/h9H,3-8H2,1-2H3,(H,13,16)(H,14,15). The molecule has 1 fully saturated rings. The van der Waals surface area contributed by atoms with E-state index >= 15 is 0 Å². The molecule has 1 aliphatic heterocycles. The summed E-state index contributed by atoms with van der Waals surface area (Å²) in [5, 5.41) is 11.4. The van der Waals surface area contributed by atoms with Crippen molar-refractivity contribution < 1.29 is 19.4 Å². The van der Waals surface area contributed by atoms with Gasteiger partial charge in [-0.1, -0.05) is 6.92 Å². The molecule has 0 radical (unpaired) electrons. The van der Waals surface area contributed by atoms with E-state index < -0.39 is 11.6 Å². The van der Waals surface area contributed by atoms with Crippen LogP contribution in [0.5, 0.6) is 0 Å². The number of carbonyl (C=O) groups excluding carboxylic acids is 1. The Balaban J connectivity index is 2.25. The highest BCUT2D eigenvalue weighted by Crippen LogP contribution is 2.25. The van der Waals surface area contributed by atoms with Gasteiger partial charge in [-0.15, -0.1) is 0 Å². The molecule has 0 aromatic carbocycles. The van der Waals surface area contributed by atoms with Crippen molar-refractivity contribution >= 4 is 11.9 Å². The highest BCUT2D eigenvalue weighted by molar-refractivity contribution is 5.85. The predicted octanol–water partition coefficient (Wildman–Crippen LogP) is 1.17. The van der Waals surface area contributed by atoms with Crippen LogP contribution in [-0.2, 0) is 14.3 Å². The first-order valence-electron chi connectivity index (χ1n) is 6.08. The average molecular weight is 243 g/mol. The molecule has 2 N–H and O–H groups in total. The Bertz CT molecular complexity index is 284. The molecule has 98 valence electrons. The molecule has 0 aliphatic carbocycles. The maximum atomic E-state index is 11.9. The zero-order chi connectivity index (χ0) is 12.9. The SMILES string of the molecule is CC(CCC(=O)O)CNC(=O)C1(C)CCCO1. The second-order valence-electron chi connectivity index (χ2n) is 4.93. The summed E-state index contributed by atoms with van der Waals surface area (Å²) in [6.45, 7) is 4.88. The van der Waals surface area contributed by atoms with Gasteiger partial charge in [-0.25, -0.2) is 0 Å². The van der Waals surface area contributed by atoms with Crippen molar-refractivity contribution in [1.29, 1.82) is 0 Å². The van der Waals surface area contributed by atoms with Crippen LogP contribution in [0, 0.1) is 5.92 Å². The van der Waals surface area contributed by atoms with E-state index in [2.05, 4.69) is 5.32 Å². The summed E-state index contributed by atoms with van der Waals surface area (Å²) in [6.07, 6.45) is 2.39. The maximum Gasteiger partial charge on any atom is 0.303 e. The number of hydrogen-bond acceptors (Lipinski definition) is 3. The number of carbonyl (C=O) groups is 2. The van der Waals surface area contributed by atoms with Crippen LogP contribution in [0.3, 0.4) is 0 Å². The minimum atomic E-state index is -0.797. The van der Waals surface area contributed by atoms with Crippen LogP contribution in [0.15, 0.2) is 0 Å². The number of hydrogen-bond donors (Lipinski definition) is 2. The van der Waals surface area contributed by atoms with Gasteiger partial charge in [0, 0.05) is 19.6 Å². The Kier molecular flexibility index (Phi) is 4.93. The summed E-state index contributed by atoms with van der Waals surface area (Å²) in [5.74, 6) is -0.716. The Hall–Kier alpha value is -1.10. The van der Waals surface area contributed by atoms with Crippen LogP contribution in [-0.4, -0.2) is 35.7 Å². The number of carboxylic acids is 1. The smallest absolute Gasteiger partial charge is 0.303 e. The molecule has 0 aromatic rings. The van der Waals surface area contributed by atoms with Gasteiger partial charge in [0.1, 0.15) is 5.60 Å². The van der Waals surface area contributed by atoms with Gasteiger partial charge in [0.05, 0.1) is 0 Å². The van der Waals surface area contributed by atoms with Gasteiger partial charge >= 0.3 is 5.97 Å². The molecule has 5 heteroatoms. The average Bonchev–Trinajstić information content (AvgIpc) is 2.71. The van der Waals surface area contributed by atoms with Crippen molar-refractivity contribution in [3.63, 3.8) is 0 Å². The molecule has 0 spiro atoms. The third kappa shape index (κ3) is 4.34. The van der Waals surface area contributed by atoms with Crippen LogP contribution in [0.2, 0.25) is 0 Å². The molecule has 0 aromatic heterocycles. The molecule has 1 aliphatic rings. The molecule has 1 amide bonds. The van der Waals surface area contributed by atoms with E-state index in [0.717, 1.165) is 12.8 Å². The Labute approximate surface area is 102 Å². The fourth-order valence-corrected chi connectivity index (χ4v) is 1.88. The highest BCUT2D eigenvalue weighted by atomic mass is 16.5. The molecule has 0 bridgehead atoms. The fraction of sp³-hybridized carbons (Fsp3) is 0.833. The fourth-order valence-electron chi connectivity index (χ4n) is 1.88. The molecule has 5 nitrogen and oxygen atoms in total. The lowest BCUT2D eigenvalue weighted by Crippen LogP contribution is -2.45. The lowest BCUT2D eigenvalue weighted by atomic mass is 10.0. The Morgan fingerprint density at radius 3 is 2.76 bits per heavy atom. The molecule has 1 heterocycles. The van der Waals surface area contributed by atoms with E-state index in [1.165, 1.54) is 0 Å². The molecule has 2 unspecified atom stereocenters. The van der Waals surface area contributed by atoms with Crippen molar-refractivity contribution in [2.24, 2.45) is 5.92 Å². The largest absolute Gasteiger partial charge is 0.481 e. The molecular formula is C12H21NO4. The van der Waals surface area contributed by atoms with Crippen molar-refractivity contribution in [1.82, 2.24) is 5.32 Å². The molecule has 2 atom stereocenters. The number of rotatable bonds is 6. The van der Waals surface area contributed by atoms with Gasteiger partial charge in [-0.2, -0.15) is 0 Å². The maximum absolute atomic E-state index is 11.9. The van der Waals surface area contributed by atoms with Crippen molar-refractivity contribution in [3.05, 3.63) is 0 Å². The quantitative estimate of drug-likeness (QED) is 0.734. The third-order valence-corrected chi connectivity index (χ3v) is 3.16. The van der Waals surface area contributed by atoms with E-state index in [9.17, 15) is 9.59 Å². The summed E-state index contributed by atoms with van der Waals surface area (Å²) in [6, 6.07) is 0. The normalized spacial score (nSPS) is 25.5. The molecule has 17 heavy (non-hydrogen) atoms. The summed E-state index contributed by atoms with van der Waals surface area (Å²) >= 11 is 0. The Morgan fingerprint density at radius 2 is 2.24 bits per heavy atom. The van der Waals surface area contributed by atoms with Crippen molar-refractivity contribution in [3.8, 4) is 0 Å². The van der Waals surface area contributed by atoms with Crippen molar-refractivity contribution in [2.75, 3.05) is 13.2 Å². The monoisotopic (exact) mass is 243 g/mol. The first-order chi connectivity index (χ1) is 7.94. The summed E-state index contributed by atoms with van der Waals surface area (Å²) < 4.78 is 5.43. The van der Waals surface area contributed by atoms with Crippen LogP contribution >= 0.6 is 0 Å². The molecular weight excluding hydrogens is 222 g/mol. The first kappa shape index (κ1) is 14.0. The van der Waals surface area contributed by atoms with Crippen LogP contribution < -0.4 is 5.32 Å². The summed E-state index contributed by atoms with van der Waals surface area (Å²) in [4.78, 5) is 22.3. The van der Waals surface area contributed by atoms with Gasteiger partial charge in [-0.3, -0.25) is 9.59 Å². The number of aliphatic carboxylic acids is 1. The minimum absolute atomic E-state index is 0.0859. The summed E-state index contributed by atoms with van der Waals surface area (Å²) in [5.41, 5.74) is -0.688. The number of ether oxygens (including phenoxy) is 1. The number of nitrogens with one attached hydrogen (secondary N) is 1. The molecule has 1 rings (SSSR count). The van der Waals surface area contributed by atoms with Crippen LogP contribution in [0.25, 0.3) is 0 Å². The van der Waals surface area contributed by atoms with E-state index in [0.29, 0.717) is 19.6 Å². The van der Waals surface area contributed by atoms with E-state index in [1.807, 2.05) is 6.92 Å². The van der Waals surface area contributed by atoms with E-state index in [4.69, 9.17) is 9.84 Å². The van der Waals surface area contributed by atoms with Crippen molar-refractivity contribution in [2.45, 2.75) is 45.1 Å². The number of amides is 1. The first-order valence-corrected chi connectivity index (χ1v) is 6.08.